The molecule has 1 aromatic carbocycles. The maximum Gasteiger partial charge on any atom is 0.0622 e. The number of benzene rings is 1. The first-order valence-electron chi connectivity index (χ1n) is 7.97. The number of hydrogen-bond acceptors (Lipinski definition) is 2. The number of methoxy groups -OCH3 is 1. The van der Waals surface area contributed by atoms with Crippen molar-refractivity contribution in [2.45, 2.75) is 52.1 Å². The zero-order chi connectivity index (χ0) is 15.7. The van der Waals surface area contributed by atoms with E-state index in [4.69, 9.17) is 16.3 Å². The van der Waals surface area contributed by atoms with Gasteiger partial charge in [0, 0.05) is 12.1 Å². The molecule has 0 heterocycles. The van der Waals surface area contributed by atoms with E-state index in [2.05, 4.69) is 38.2 Å². The molecule has 1 aromatic rings. The molecule has 0 bridgehead atoms. The third-order valence-electron chi connectivity index (χ3n) is 3.98. The molecule has 1 unspecified atom stereocenters. The lowest BCUT2D eigenvalue weighted by atomic mass is 9.90. The molecule has 0 saturated carbocycles. The fourth-order valence-electron chi connectivity index (χ4n) is 2.41. The van der Waals surface area contributed by atoms with Crippen molar-refractivity contribution in [3.8, 4) is 0 Å². The van der Waals surface area contributed by atoms with Gasteiger partial charge >= 0.3 is 0 Å². The van der Waals surface area contributed by atoms with Crippen molar-refractivity contribution in [2.24, 2.45) is 5.92 Å². The summed E-state index contributed by atoms with van der Waals surface area (Å²) in [6, 6.07) is 8.22. The van der Waals surface area contributed by atoms with Crippen LogP contribution in [-0.4, -0.2) is 25.8 Å². The van der Waals surface area contributed by atoms with Crippen LogP contribution in [-0.2, 0) is 11.2 Å². The standard InChI is InChI=1S/C18H30ClNO/c1-5-11-20-14-16(9-10-18(2,3)21-4)12-15-7-6-8-17(19)13-15/h6-8,13,16,20H,5,9-12,14H2,1-4H3. The average Bonchev–Trinajstić information content (AvgIpc) is 2.45. The Balaban J connectivity index is 2.59. The van der Waals surface area contributed by atoms with Gasteiger partial charge < -0.3 is 10.1 Å². The number of halogens is 1. The predicted octanol–water partition coefficient (Wildman–Crippen LogP) is 4.70. The maximum atomic E-state index is 6.09. The summed E-state index contributed by atoms with van der Waals surface area (Å²) in [5.74, 6) is 0.615. The third-order valence-corrected chi connectivity index (χ3v) is 4.22. The lowest BCUT2D eigenvalue weighted by Gasteiger charge is -2.26. The van der Waals surface area contributed by atoms with Crippen LogP contribution >= 0.6 is 11.6 Å². The highest BCUT2D eigenvalue weighted by Crippen LogP contribution is 2.22. The summed E-state index contributed by atoms with van der Waals surface area (Å²) in [6.07, 6.45) is 4.47. The van der Waals surface area contributed by atoms with Gasteiger partial charge in [-0.05, 0) is 76.2 Å². The van der Waals surface area contributed by atoms with E-state index in [0.29, 0.717) is 5.92 Å². The van der Waals surface area contributed by atoms with E-state index < -0.39 is 0 Å². The summed E-state index contributed by atoms with van der Waals surface area (Å²) < 4.78 is 5.54. The number of nitrogens with one attached hydrogen (secondary N) is 1. The molecule has 1 rings (SSSR count). The van der Waals surface area contributed by atoms with E-state index in [9.17, 15) is 0 Å². The van der Waals surface area contributed by atoms with Crippen LogP contribution in [0.15, 0.2) is 24.3 Å². The Bertz CT molecular complexity index is 406. The third kappa shape index (κ3) is 7.85. The van der Waals surface area contributed by atoms with Crippen LogP contribution in [0.3, 0.4) is 0 Å². The van der Waals surface area contributed by atoms with Gasteiger partial charge in [0.05, 0.1) is 5.60 Å². The Morgan fingerprint density at radius 2 is 2.10 bits per heavy atom. The highest BCUT2D eigenvalue weighted by Gasteiger charge is 2.19. The molecule has 0 aliphatic heterocycles. The molecule has 120 valence electrons. The van der Waals surface area contributed by atoms with Crippen LogP contribution in [0.5, 0.6) is 0 Å². The minimum Gasteiger partial charge on any atom is -0.379 e. The Morgan fingerprint density at radius 1 is 1.33 bits per heavy atom. The lowest BCUT2D eigenvalue weighted by Crippen LogP contribution is -2.29. The molecule has 0 fully saturated rings. The van der Waals surface area contributed by atoms with Crippen LogP contribution in [0.2, 0.25) is 5.02 Å². The minimum absolute atomic E-state index is 0.0443. The monoisotopic (exact) mass is 311 g/mol. The van der Waals surface area contributed by atoms with Gasteiger partial charge in [-0.3, -0.25) is 0 Å². The molecule has 1 N–H and O–H groups in total. The van der Waals surface area contributed by atoms with Crippen LogP contribution in [0.4, 0.5) is 0 Å². The van der Waals surface area contributed by atoms with E-state index in [1.807, 2.05) is 12.1 Å². The second-order valence-corrected chi connectivity index (χ2v) is 6.84. The summed E-state index contributed by atoms with van der Waals surface area (Å²) in [5.41, 5.74) is 1.28. The Kier molecular flexibility index (Phi) is 8.31. The van der Waals surface area contributed by atoms with Gasteiger partial charge in [-0.2, -0.15) is 0 Å². The van der Waals surface area contributed by atoms with Gasteiger partial charge in [0.2, 0.25) is 0 Å². The first-order valence-corrected chi connectivity index (χ1v) is 8.35. The fourth-order valence-corrected chi connectivity index (χ4v) is 2.62. The van der Waals surface area contributed by atoms with Gasteiger partial charge in [-0.15, -0.1) is 0 Å². The average molecular weight is 312 g/mol. The Hall–Kier alpha value is -0.570. The topological polar surface area (TPSA) is 21.3 Å². The highest BCUT2D eigenvalue weighted by molar-refractivity contribution is 6.30. The summed E-state index contributed by atoms with van der Waals surface area (Å²) >= 11 is 6.09. The molecule has 3 heteroatoms. The van der Waals surface area contributed by atoms with Crippen molar-refractivity contribution < 1.29 is 4.74 Å². The van der Waals surface area contributed by atoms with E-state index in [1.54, 1.807) is 7.11 Å². The van der Waals surface area contributed by atoms with E-state index in [0.717, 1.165) is 37.4 Å². The van der Waals surface area contributed by atoms with E-state index in [1.165, 1.54) is 12.0 Å². The van der Waals surface area contributed by atoms with Gasteiger partial charge in [0.25, 0.3) is 0 Å². The first kappa shape index (κ1) is 18.5. The molecule has 2 nitrogen and oxygen atoms in total. The van der Waals surface area contributed by atoms with Gasteiger partial charge in [0.15, 0.2) is 0 Å². The maximum absolute atomic E-state index is 6.09. The molecule has 0 aliphatic carbocycles. The second-order valence-electron chi connectivity index (χ2n) is 6.41. The molecule has 21 heavy (non-hydrogen) atoms. The Morgan fingerprint density at radius 3 is 2.71 bits per heavy atom. The molecule has 0 spiro atoms. The summed E-state index contributed by atoms with van der Waals surface area (Å²) in [7, 11) is 1.79. The molecule has 0 amide bonds. The van der Waals surface area contributed by atoms with Gasteiger partial charge in [-0.25, -0.2) is 0 Å². The number of ether oxygens (including phenoxy) is 1. The SMILES string of the molecule is CCCNCC(CCC(C)(C)OC)Cc1cccc(Cl)c1. The van der Waals surface area contributed by atoms with Crippen molar-refractivity contribution in [3.63, 3.8) is 0 Å². The molecular formula is C18H30ClNO. The minimum atomic E-state index is -0.0443. The predicted molar refractivity (Wildman–Crippen MR) is 92.1 cm³/mol. The van der Waals surface area contributed by atoms with Crippen molar-refractivity contribution in [2.75, 3.05) is 20.2 Å². The van der Waals surface area contributed by atoms with Crippen LogP contribution in [0.1, 0.15) is 45.6 Å². The largest absolute Gasteiger partial charge is 0.379 e. The molecule has 0 aromatic heterocycles. The highest BCUT2D eigenvalue weighted by atomic mass is 35.5. The van der Waals surface area contributed by atoms with Crippen molar-refractivity contribution in [3.05, 3.63) is 34.9 Å². The van der Waals surface area contributed by atoms with Crippen LogP contribution < -0.4 is 5.32 Å². The van der Waals surface area contributed by atoms with Crippen molar-refractivity contribution in [1.29, 1.82) is 0 Å². The van der Waals surface area contributed by atoms with Crippen LogP contribution in [0, 0.1) is 5.92 Å². The number of hydrogen-bond donors (Lipinski definition) is 1. The molecule has 0 aliphatic rings. The van der Waals surface area contributed by atoms with E-state index >= 15 is 0 Å². The lowest BCUT2D eigenvalue weighted by molar-refractivity contribution is 0.0104. The fraction of sp³-hybridized carbons (Fsp3) is 0.667. The van der Waals surface area contributed by atoms with Crippen molar-refractivity contribution in [1.82, 2.24) is 5.32 Å². The molecule has 0 radical (unpaired) electrons. The Labute approximate surface area is 135 Å². The zero-order valence-electron chi connectivity index (χ0n) is 13.9. The molecule has 0 saturated heterocycles. The smallest absolute Gasteiger partial charge is 0.0622 e. The summed E-state index contributed by atoms with van der Waals surface area (Å²) in [6.45, 7) is 8.65. The molecule has 1 atom stereocenters. The number of rotatable bonds is 10. The van der Waals surface area contributed by atoms with Crippen molar-refractivity contribution >= 4 is 11.6 Å². The summed E-state index contributed by atoms with van der Waals surface area (Å²) in [4.78, 5) is 0. The second kappa shape index (κ2) is 9.45. The first-order chi connectivity index (χ1) is 9.96. The zero-order valence-corrected chi connectivity index (χ0v) is 14.7. The quantitative estimate of drug-likeness (QED) is 0.632. The summed E-state index contributed by atoms with van der Waals surface area (Å²) in [5, 5.41) is 4.37. The normalized spacial score (nSPS) is 13.4. The van der Waals surface area contributed by atoms with Gasteiger partial charge in [0.1, 0.15) is 0 Å². The van der Waals surface area contributed by atoms with Crippen LogP contribution in [0.25, 0.3) is 0 Å². The van der Waals surface area contributed by atoms with Gasteiger partial charge in [-0.1, -0.05) is 30.7 Å². The molecular weight excluding hydrogens is 282 g/mol. The van der Waals surface area contributed by atoms with E-state index in [-0.39, 0.29) is 5.60 Å².